The fraction of sp³-hybridized carbons (Fsp3) is 0.111. The Kier molecular flexibility index (Phi) is 3.95. The molecule has 1 heterocycles. The van der Waals surface area contributed by atoms with Crippen molar-refractivity contribution < 1.29 is 19.1 Å². The number of rotatable bonds is 4. The van der Waals surface area contributed by atoms with Gasteiger partial charge < -0.3 is 20.2 Å². The number of H-pyrrole nitrogens is 1. The lowest BCUT2D eigenvalue weighted by Crippen LogP contribution is -2.10. The summed E-state index contributed by atoms with van der Waals surface area (Å²) < 4.78 is 10.2. The van der Waals surface area contributed by atoms with E-state index in [-0.39, 0.29) is 0 Å². The van der Waals surface area contributed by atoms with Crippen molar-refractivity contribution in [1.82, 2.24) is 4.98 Å². The number of ether oxygens (including phenoxy) is 2. The Labute approximate surface area is 138 Å². The maximum absolute atomic E-state index is 11.8. The second-order valence-electron chi connectivity index (χ2n) is 5.22. The number of aromatic amines is 1. The number of methoxy groups -OCH3 is 2. The number of fused-ring (bicyclic) bond motifs is 1. The Morgan fingerprint density at radius 2 is 1.88 bits per heavy atom. The van der Waals surface area contributed by atoms with Crippen LogP contribution < -0.4 is 10.5 Å². The highest BCUT2D eigenvalue weighted by Crippen LogP contribution is 2.37. The molecule has 0 atom stereocenters. The number of benzene rings is 2. The van der Waals surface area contributed by atoms with E-state index in [0.29, 0.717) is 17.0 Å². The number of carbonyl (C=O) groups excluding carboxylic acids is 2. The van der Waals surface area contributed by atoms with Crippen LogP contribution in [-0.4, -0.2) is 31.1 Å². The topological polar surface area (TPSA) is 94.4 Å². The van der Waals surface area contributed by atoms with Gasteiger partial charge in [-0.25, -0.2) is 4.79 Å². The molecule has 0 spiro atoms. The monoisotopic (exact) mass is 324 g/mol. The normalized spacial score (nSPS) is 10.6. The van der Waals surface area contributed by atoms with Crippen LogP contribution in [0.5, 0.6) is 5.75 Å². The first kappa shape index (κ1) is 15.6. The third kappa shape index (κ3) is 2.58. The van der Waals surface area contributed by atoms with Crippen LogP contribution in [0, 0.1) is 0 Å². The summed E-state index contributed by atoms with van der Waals surface area (Å²) in [5, 5.41) is 0.788. The lowest BCUT2D eigenvalue weighted by atomic mass is 9.98. The standard InChI is InChI=1S/C18H16N2O4/c1-23-15-7-6-13-12(9-14(20-13)18(22)24-2)16(15)10-4-3-5-11(8-10)17(19)21/h3-9,20H,1-2H3,(H2,19,21). The number of primary amides is 1. The van der Waals surface area contributed by atoms with E-state index in [4.69, 9.17) is 15.2 Å². The number of hydrogen-bond acceptors (Lipinski definition) is 4. The smallest absolute Gasteiger partial charge is 0.354 e. The Morgan fingerprint density at radius 1 is 1.08 bits per heavy atom. The fourth-order valence-corrected chi connectivity index (χ4v) is 2.70. The van der Waals surface area contributed by atoms with Gasteiger partial charge in [0, 0.05) is 22.0 Å². The van der Waals surface area contributed by atoms with Crippen LogP contribution in [0.25, 0.3) is 22.0 Å². The van der Waals surface area contributed by atoms with E-state index in [1.165, 1.54) is 7.11 Å². The Hall–Kier alpha value is -3.28. The summed E-state index contributed by atoms with van der Waals surface area (Å²) in [6.45, 7) is 0. The van der Waals surface area contributed by atoms with Gasteiger partial charge in [-0.15, -0.1) is 0 Å². The van der Waals surface area contributed by atoms with Gasteiger partial charge in [0.2, 0.25) is 5.91 Å². The van der Waals surface area contributed by atoms with Crippen molar-refractivity contribution in [1.29, 1.82) is 0 Å². The summed E-state index contributed by atoms with van der Waals surface area (Å²) in [5.74, 6) is -0.339. The van der Waals surface area contributed by atoms with Gasteiger partial charge in [0.1, 0.15) is 11.4 Å². The number of nitrogens with two attached hydrogens (primary N) is 1. The second-order valence-corrected chi connectivity index (χ2v) is 5.22. The average molecular weight is 324 g/mol. The summed E-state index contributed by atoms with van der Waals surface area (Å²) in [6.07, 6.45) is 0. The highest BCUT2D eigenvalue weighted by molar-refractivity contribution is 6.04. The summed E-state index contributed by atoms with van der Waals surface area (Å²) in [5.41, 5.74) is 8.40. The average Bonchev–Trinajstić information content (AvgIpc) is 3.04. The molecule has 0 saturated carbocycles. The van der Waals surface area contributed by atoms with Crippen molar-refractivity contribution >= 4 is 22.8 Å². The molecule has 0 radical (unpaired) electrons. The summed E-state index contributed by atoms with van der Waals surface area (Å²) >= 11 is 0. The van der Waals surface area contributed by atoms with E-state index in [0.717, 1.165) is 22.0 Å². The van der Waals surface area contributed by atoms with Gasteiger partial charge in [0.25, 0.3) is 0 Å². The van der Waals surface area contributed by atoms with Gasteiger partial charge in [0.05, 0.1) is 14.2 Å². The van der Waals surface area contributed by atoms with Gasteiger partial charge in [-0.2, -0.15) is 0 Å². The van der Waals surface area contributed by atoms with Crippen molar-refractivity contribution in [3.05, 3.63) is 53.7 Å². The van der Waals surface area contributed by atoms with Crippen LogP contribution in [0.3, 0.4) is 0 Å². The molecular formula is C18H16N2O4. The van der Waals surface area contributed by atoms with Crippen molar-refractivity contribution in [2.45, 2.75) is 0 Å². The lowest BCUT2D eigenvalue weighted by molar-refractivity contribution is 0.0595. The highest BCUT2D eigenvalue weighted by atomic mass is 16.5. The number of carbonyl (C=O) groups is 2. The molecule has 2 aromatic carbocycles. The van der Waals surface area contributed by atoms with E-state index in [1.807, 2.05) is 12.1 Å². The van der Waals surface area contributed by atoms with E-state index >= 15 is 0 Å². The molecule has 1 aromatic heterocycles. The molecule has 0 aliphatic carbocycles. The molecule has 6 heteroatoms. The maximum atomic E-state index is 11.8. The first-order valence-corrected chi connectivity index (χ1v) is 7.23. The van der Waals surface area contributed by atoms with E-state index in [2.05, 4.69) is 4.98 Å². The summed E-state index contributed by atoms with van der Waals surface area (Å²) in [4.78, 5) is 26.3. The Morgan fingerprint density at radius 3 is 2.54 bits per heavy atom. The first-order valence-electron chi connectivity index (χ1n) is 7.23. The molecule has 122 valence electrons. The van der Waals surface area contributed by atoms with Crippen molar-refractivity contribution in [3.63, 3.8) is 0 Å². The maximum Gasteiger partial charge on any atom is 0.354 e. The zero-order chi connectivity index (χ0) is 17.3. The van der Waals surface area contributed by atoms with Crippen LogP contribution in [0.4, 0.5) is 0 Å². The van der Waals surface area contributed by atoms with E-state index in [1.54, 1.807) is 37.4 Å². The first-order chi connectivity index (χ1) is 11.5. The van der Waals surface area contributed by atoms with E-state index < -0.39 is 11.9 Å². The molecule has 0 aliphatic rings. The molecule has 0 bridgehead atoms. The molecule has 0 saturated heterocycles. The minimum Gasteiger partial charge on any atom is -0.496 e. The van der Waals surface area contributed by atoms with Crippen LogP contribution >= 0.6 is 0 Å². The van der Waals surface area contributed by atoms with Gasteiger partial charge in [0.15, 0.2) is 0 Å². The fourth-order valence-electron chi connectivity index (χ4n) is 2.70. The zero-order valence-corrected chi connectivity index (χ0v) is 13.3. The van der Waals surface area contributed by atoms with Gasteiger partial charge in [-0.3, -0.25) is 4.79 Å². The van der Waals surface area contributed by atoms with Crippen LogP contribution in [0.15, 0.2) is 42.5 Å². The van der Waals surface area contributed by atoms with Crippen molar-refractivity contribution in [2.24, 2.45) is 5.73 Å². The summed E-state index contributed by atoms with van der Waals surface area (Å²) in [7, 11) is 2.89. The van der Waals surface area contributed by atoms with Crippen LogP contribution in [0.2, 0.25) is 0 Å². The molecule has 0 fully saturated rings. The molecule has 24 heavy (non-hydrogen) atoms. The van der Waals surface area contributed by atoms with Crippen molar-refractivity contribution in [2.75, 3.05) is 14.2 Å². The molecule has 0 unspecified atom stereocenters. The number of esters is 1. The minimum atomic E-state index is -0.507. The highest BCUT2D eigenvalue weighted by Gasteiger charge is 2.17. The second kappa shape index (κ2) is 6.08. The predicted molar refractivity (Wildman–Crippen MR) is 90.1 cm³/mol. The minimum absolute atomic E-state index is 0.341. The van der Waals surface area contributed by atoms with Gasteiger partial charge in [-0.05, 0) is 35.9 Å². The molecule has 3 rings (SSSR count). The molecular weight excluding hydrogens is 308 g/mol. The largest absolute Gasteiger partial charge is 0.496 e. The lowest BCUT2D eigenvalue weighted by Gasteiger charge is -2.11. The van der Waals surface area contributed by atoms with Crippen LogP contribution in [0.1, 0.15) is 20.8 Å². The molecule has 3 aromatic rings. The molecule has 1 amide bonds. The SMILES string of the molecule is COC(=O)c1cc2c(-c3cccc(C(N)=O)c3)c(OC)ccc2[nH]1. The number of hydrogen-bond donors (Lipinski definition) is 2. The molecule has 0 aliphatic heterocycles. The number of nitrogens with one attached hydrogen (secondary N) is 1. The van der Waals surface area contributed by atoms with Crippen molar-refractivity contribution in [3.8, 4) is 16.9 Å². The number of aromatic nitrogens is 1. The third-order valence-electron chi connectivity index (χ3n) is 3.83. The zero-order valence-electron chi connectivity index (χ0n) is 13.3. The summed E-state index contributed by atoms with van der Waals surface area (Å²) in [6, 6.07) is 12.3. The van der Waals surface area contributed by atoms with Gasteiger partial charge >= 0.3 is 5.97 Å². The third-order valence-corrected chi connectivity index (χ3v) is 3.83. The molecule has 6 nitrogen and oxygen atoms in total. The Balaban J connectivity index is 2.28. The van der Waals surface area contributed by atoms with Gasteiger partial charge in [-0.1, -0.05) is 12.1 Å². The quantitative estimate of drug-likeness (QED) is 0.721. The predicted octanol–water partition coefficient (Wildman–Crippen LogP) is 2.73. The van der Waals surface area contributed by atoms with Crippen LogP contribution in [-0.2, 0) is 4.74 Å². The Bertz CT molecular complexity index is 943. The number of amides is 1. The molecule has 3 N–H and O–H groups in total. The van der Waals surface area contributed by atoms with E-state index in [9.17, 15) is 9.59 Å².